The Hall–Kier alpha value is -2.07. The molecule has 0 saturated carbocycles. The van der Waals surface area contributed by atoms with Crippen LogP contribution in [0.25, 0.3) is 10.8 Å². The van der Waals surface area contributed by atoms with Crippen molar-refractivity contribution in [2.45, 2.75) is 13.5 Å². The first-order chi connectivity index (χ1) is 9.13. The van der Waals surface area contributed by atoms with Crippen molar-refractivity contribution in [2.75, 3.05) is 0 Å². The molecule has 0 unspecified atom stereocenters. The van der Waals surface area contributed by atoms with Gasteiger partial charge in [0.1, 0.15) is 0 Å². The standard InChI is InChI=1S/C14H13ClN2O2/c1-9(18)16-8-10-6-7-13(14(15)17-19)12-5-3-2-4-11(10)12/h2-7,19H,8H2,1H3,(H,16,18)/b17-14-. The van der Waals surface area contributed by atoms with Gasteiger partial charge >= 0.3 is 0 Å². The average Bonchev–Trinajstić information content (AvgIpc) is 2.43. The van der Waals surface area contributed by atoms with Crippen LogP contribution in [0.1, 0.15) is 18.1 Å². The summed E-state index contributed by atoms with van der Waals surface area (Å²) in [6.07, 6.45) is 0. The van der Waals surface area contributed by atoms with Crippen LogP contribution in [0.3, 0.4) is 0 Å². The van der Waals surface area contributed by atoms with Crippen molar-refractivity contribution in [3.63, 3.8) is 0 Å². The van der Waals surface area contributed by atoms with Gasteiger partial charge in [-0.2, -0.15) is 0 Å². The van der Waals surface area contributed by atoms with Crippen molar-refractivity contribution in [1.82, 2.24) is 5.32 Å². The molecule has 4 nitrogen and oxygen atoms in total. The number of halogens is 1. The van der Waals surface area contributed by atoms with Gasteiger partial charge in [0.15, 0.2) is 5.17 Å². The van der Waals surface area contributed by atoms with E-state index in [2.05, 4.69) is 10.5 Å². The molecule has 0 aromatic heterocycles. The van der Waals surface area contributed by atoms with Crippen LogP contribution in [0, 0.1) is 0 Å². The third-order valence-electron chi connectivity index (χ3n) is 2.85. The van der Waals surface area contributed by atoms with Gasteiger partial charge in [0.2, 0.25) is 5.91 Å². The Kier molecular flexibility index (Phi) is 4.02. The Balaban J connectivity index is 2.55. The predicted molar refractivity (Wildman–Crippen MR) is 75.6 cm³/mol. The van der Waals surface area contributed by atoms with Gasteiger partial charge in [0, 0.05) is 19.0 Å². The van der Waals surface area contributed by atoms with Gasteiger partial charge in [0.25, 0.3) is 0 Å². The highest BCUT2D eigenvalue weighted by atomic mass is 35.5. The molecular weight excluding hydrogens is 264 g/mol. The Bertz CT molecular complexity index is 653. The van der Waals surface area contributed by atoms with Crippen molar-refractivity contribution in [3.05, 3.63) is 47.5 Å². The number of carbonyl (C=O) groups is 1. The van der Waals surface area contributed by atoms with Gasteiger partial charge in [-0.1, -0.05) is 53.2 Å². The van der Waals surface area contributed by atoms with Crippen LogP contribution in [0.5, 0.6) is 0 Å². The Morgan fingerprint density at radius 3 is 2.58 bits per heavy atom. The number of hydrogen-bond donors (Lipinski definition) is 2. The maximum atomic E-state index is 11.0. The molecule has 1 amide bonds. The van der Waals surface area contributed by atoms with Crippen LogP contribution >= 0.6 is 11.6 Å². The molecule has 0 bridgehead atoms. The van der Waals surface area contributed by atoms with E-state index in [9.17, 15) is 4.79 Å². The van der Waals surface area contributed by atoms with E-state index >= 15 is 0 Å². The molecule has 0 heterocycles. The number of oxime groups is 1. The van der Waals surface area contributed by atoms with Crippen LogP contribution in [0.2, 0.25) is 0 Å². The minimum atomic E-state index is -0.0805. The summed E-state index contributed by atoms with van der Waals surface area (Å²) >= 11 is 5.88. The van der Waals surface area contributed by atoms with Gasteiger partial charge in [-0.25, -0.2) is 0 Å². The first kappa shape index (κ1) is 13.4. The number of nitrogens with one attached hydrogen (secondary N) is 1. The molecule has 0 aliphatic carbocycles. The molecule has 2 aromatic rings. The fourth-order valence-corrected chi connectivity index (χ4v) is 2.13. The highest BCUT2D eigenvalue weighted by Crippen LogP contribution is 2.24. The molecule has 5 heteroatoms. The molecule has 0 atom stereocenters. The van der Waals surface area contributed by atoms with Crippen molar-refractivity contribution in [2.24, 2.45) is 5.16 Å². The first-order valence-corrected chi connectivity index (χ1v) is 6.14. The number of nitrogens with zero attached hydrogens (tertiary/aromatic N) is 1. The molecule has 0 radical (unpaired) electrons. The molecule has 0 fully saturated rings. The van der Waals surface area contributed by atoms with Crippen LogP contribution in [0.4, 0.5) is 0 Å². The lowest BCUT2D eigenvalue weighted by atomic mass is 10.00. The maximum Gasteiger partial charge on any atom is 0.217 e. The van der Waals surface area contributed by atoms with Gasteiger partial charge in [0.05, 0.1) is 0 Å². The Labute approximate surface area is 115 Å². The second-order valence-corrected chi connectivity index (χ2v) is 4.48. The third kappa shape index (κ3) is 2.85. The van der Waals surface area contributed by atoms with E-state index in [1.54, 1.807) is 6.07 Å². The lowest BCUT2D eigenvalue weighted by Gasteiger charge is -2.10. The minimum Gasteiger partial charge on any atom is -0.410 e. The normalized spacial score (nSPS) is 11.6. The van der Waals surface area contributed by atoms with Crippen LogP contribution in [0.15, 0.2) is 41.6 Å². The molecule has 0 spiro atoms. The number of fused-ring (bicyclic) bond motifs is 1. The fourth-order valence-electron chi connectivity index (χ4n) is 1.97. The Morgan fingerprint density at radius 1 is 1.26 bits per heavy atom. The van der Waals surface area contributed by atoms with Crippen molar-refractivity contribution < 1.29 is 10.0 Å². The molecule has 98 valence electrons. The lowest BCUT2D eigenvalue weighted by molar-refractivity contribution is -0.119. The zero-order chi connectivity index (χ0) is 13.8. The lowest BCUT2D eigenvalue weighted by Crippen LogP contribution is -2.19. The van der Waals surface area contributed by atoms with Crippen molar-refractivity contribution in [3.8, 4) is 0 Å². The molecular formula is C14H13ClN2O2. The summed E-state index contributed by atoms with van der Waals surface area (Å²) in [4.78, 5) is 11.0. The topological polar surface area (TPSA) is 61.7 Å². The zero-order valence-electron chi connectivity index (χ0n) is 10.4. The molecule has 2 rings (SSSR count). The first-order valence-electron chi connectivity index (χ1n) is 5.76. The van der Waals surface area contributed by atoms with E-state index < -0.39 is 0 Å². The second-order valence-electron chi connectivity index (χ2n) is 4.12. The second kappa shape index (κ2) is 5.71. The fraction of sp³-hybridized carbons (Fsp3) is 0.143. The van der Waals surface area contributed by atoms with E-state index in [1.807, 2.05) is 30.3 Å². The number of hydrogen-bond acceptors (Lipinski definition) is 3. The number of amides is 1. The summed E-state index contributed by atoms with van der Waals surface area (Å²) in [5, 5.41) is 16.5. The Morgan fingerprint density at radius 2 is 1.95 bits per heavy atom. The van der Waals surface area contributed by atoms with E-state index in [-0.39, 0.29) is 11.1 Å². The molecule has 19 heavy (non-hydrogen) atoms. The van der Waals surface area contributed by atoms with E-state index in [0.717, 1.165) is 16.3 Å². The van der Waals surface area contributed by atoms with Crippen molar-refractivity contribution >= 4 is 33.5 Å². The molecule has 2 aromatic carbocycles. The maximum absolute atomic E-state index is 11.0. The summed E-state index contributed by atoms with van der Waals surface area (Å²) in [5.74, 6) is -0.0805. The molecule has 2 N–H and O–H groups in total. The molecule has 0 aliphatic heterocycles. The van der Waals surface area contributed by atoms with E-state index in [1.165, 1.54) is 6.92 Å². The predicted octanol–water partition coefficient (Wildman–Crippen LogP) is 2.85. The summed E-state index contributed by atoms with van der Waals surface area (Å²) in [5.41, 5.74) is 1.64. The highest BCUT2D eigenvalue weighted by molar-refractivity contribution is 6.70. The quantitative estimate of drug-likeness (QED) is 0.514. The largest absolute Gasteiger partial charge is 0.410 e. The van der Waals surface area contributed by atoms with Gasteiger partial charge in [-0.15, -0.1) is 0 Å². The number of carbonyl (C=O) groups excluding carboxylic acids is 1. The SMILES string of the molecule is CC(=O)NCc1ccc(/C(Cl)=N/O)c2ccccc12. The van der Waals surface area contributed by atoms with Crippen LogP contribution in [-0.2, 0) is 11.3 Å². The minimum absolute atomic E-state index is 0.0438. The van der Waals surface area contributed by atoms with Crippen molar-refractivity contribution in [1.29, 1.82) is 0 Å². The van der Waals surface area contributed by atoms with Gasteiger partial charge in [-0.3, -0.25) is 4.79 Å². The monoisotopic (exact) mass is 276 g/mol. The van der Waals surface area contributed by atoms with Gasteiger partial charge in [-0.05, 0) is 16.3 Å². The molecule has 0 saturated heterocycles. The molecule has 0 aliphatic rings. The summed E-state index contributed by atoms with van der Waals surface area (Å²) in [6.45, 7) is 1.93. The van der Waals surface area contributed by atoms with E-state index in [0.29, 0.717) is 12.1 Å². The van der Waals surface area contributed by atoms with Crippen LogP contribution in [-0.4, -0.2) is 16.3 Å². The summed E-state index contributed by atoms with van der Waals surface area (Å²) in [6, 6.07) is 11.3. The summed E-state index contributed by atoms with van der Waals surface area (Å²) in [7, 11) is 0. The van der Waals surface area contributed by atoms with Crippen LogP contribution < -0.4 is 5.32 Å². The highest BCUT2D eigenvalue weighted by Gasteiger charge is 2.09. The smallest absolute Gasteiger partial charge is 0.217 e. The zero-order valence-corrected chi connectivity index (χ0v) is 11.1. The van der Waals surface area contributed by atoms with E-state index in [4.69, 9.17) is 16.8 Å². The third-order valence-corrected chi connectivity index (χ3v) is 3.13. The average molecular weight is 277 g/mol. The number of rotatable bonds is 3. The summed E-state index contributed by atoms with van der Waals surface area (Å²) < 4.78 is 0. The van der Waals surface area contributed by atoms with Gasteiger partial charge < -0.3 is 10.5 Å². The number of benzene rings is 2.